The molecule has 1 heterocycles. The smallest absolute Gasteiger partial charge is 0.128 e. The SMILES string of the molecule is COc1ccc(F)cc1-c1nccnc1CN.Cl.Cl. The van der Waals surface area contributed by atoms with Gasteiger partial charge in [-0.05, 0) is 18.2 Å². The van der Waals surface area contributed by atoms with Crippen LogP contribution in [0.15, 0.2) is 30.6 Å². The average molecular weight is 306 g/mol. The number of hydrogen-bond acceptors (Lipinski definition) is 4. The first-order valence-corrected chi connectivity index (χ1v) is 5.10. The summed E-state index contributed by atoms with van der Waals surface area (Å²) >= 11 is 0. The molecule has 104 valence electrons. The van der Waals surface area contributed by atoms with E-state index >= 15 is 0 Å². The van der Waals surface area contributed by atoms with Crippen LogP contribution in [-0.4, -0.2) is 17.1 Å². The van der Waals surface area contributed by atoms with Gasteiger partial charge in [0.25, 0.3) is 0 Å². The van der Waals surface area contributed by atoms with Crippen LogP contribution in [0.25, 0.3) is 11.3 Å². The maximum absolute atomic E-state index is 13.3. The van der Waals surface area contributed by atoms with Crippen molar-refractivity contribution in [2.24, 2.45) is 5.73 Å². The molecule has 0 aliphatic carbocycles. The van der Waals surface area contributed by atoms with Gasteiger partial charge < -0.3 is 10.5 Å². The Bertz CT molecular complexity index is 540. The average Bonchev–Trinajstić information content (AvgIpc) is 2.38. The fourth-order valence-corrected chi connectivity index (χ4v) is 1.61. The summed E-state index contributed by atoms with van der Waals surface area (Å²) in [4.78, 5) is 8.29. The minimum Gasteiger partial charge on any atom is -0.496 e. The maximum Gasteiger partial charge on any atom is 0.128 e. The van der Waals surface area contributed by atoms with Gasteiger partial charge in [0.2, 0.25) is 0 Å². The van der Waals surface area contributed by atoms with E-state index in [0.717, 1.165) is 0 Å². The molecule has 19 heavy (non-hydrogen) atoms. The van der Waals surface area contributed by atoms with Crippen molar-refractivity contribution in [2.75, 3.05) is 7.11 Å². The summed E-state index contributed by atoms with van der Waals surface area (Å²) in [5.41, 5.74) is 7.29. The lowest BCUT2D eigenvalue weighted by Crippen LogP contribution is -2.04. The normalized spacial score (nSPS) is 9.21. The Balaban J connectivity index is 0.00000162. The number of rotatable bonds is 3. The van der Waals surface area contributed by atoms with Crippen LogP contribution in [0.2, 0.25) is 0 Å². The minimum atomic E-state index is -0.352. The Morgan fingerprint density at radius 2 is 1.89 bits per heavy atom. The highest BCUT2D eigenvalue weighted by Gasteiger charge is 2.12. The van der Waals surface area contributed by atoms with E-state index in [1.165, 1.54) is 19.2 Å². The first-order chi connectivity index (χ1) is 8.26. The zero-order valence-electron chi connectivity index (χ0n) is 10.2. The Kier molecular flexibility index (Phi) is 7.29. The number of halogens is 3. The van der Waals surface area contributed by atoms with Crippen LogP contribution < -0.4 is 10.5 Å². The predicted octanol–water partition coefficient (Wildman–Crippen LogP) is 2.59. The van der Waals surface area contributed by atoms with Crippen LogP contribution in [0.3, 0.4) is 0 Å². The van der Waals surface area contributed by atoms with E-state index in [1.807, 2.05) is 0 Å². The van der Waals surface area contributed by atoms with Gasteiger partial charge in [-0.3, -0.25) is 9.97 Å². The highest BCUT2D eigenvalue weighted by Crippen LogP contribution is 2.30. The van der Waals surface area contributed by atoms with E-state index in [2.05, 4.69) is 9.97 Å². The lowest BCUT2D eigenvalue weighted by atomic mass is 10.1. The molecule has 2 rings (SSSR count). The van der Waals surface area contributed by atoms with Gasteiger partial charge in [-0.2, -0.15) is 0 Å². The molecule has 1 aromatic heterocycles. The van der Waals surface area contributed by atoms with Crippen molar-refractivity contribution in [3.8, 4) is 17.0 Å². The Morgan fingerprint density at radius 1 is 1.21 bits per heavy atom. The molecule has 0 spiro atoms. The highest BCUT2D eigenvalue weighted by molar-refractivity contribution is 5.85. The van der Waals surface area contributed by atoms with Gasteiger partial charge in [-0.15, -0.1) is 24.8 Å². The lowest BCUT2D eigenvalue weighted by molar-refractivity contribution is 0.415. The first kappa shape index (κ1) is 17.6. The van der Waals surface area contributed by atoms with E-state index in [9.17, 15) is 4.39 Å². The molecule has 0 fully saturated rings. The molecule has 4 nitrogen and oxygen atoms in total. The second-order valence-electron chi connectivity index (χ2n) is 3.40. The van der Waals surface area contributed by atoms with Gasteiger partial charge >= 0.3 is 0 Å². The maximum atomic E-state index is 13.3. The van der Waals surface area contributed by atoms with Gasteiger partial charge in [0, 0.05) is 24.5 Å². The Morgan fingerprint density at radius 3 is 2.53 bits per heavy atom. The van der Waals surface area contributed by atoms with Gasteiger partial charge in [0.05, 0.1) is 18.5 Å². The molecule has 0 bridgehead atoms. The number of hydrogen-bond donors (Lipinski definition) is 1. The molecular weight excluding hydrogens is 292 g/mol. The number of nitrogens with zero attached hydrogens (tertiary/aromatic N) is 2. The zero-order chi connectivity index (χ0) is 12.3. The fraction of sp³-hybridized carbons (Fsp3) is 0.167. The number of nitrogens with two attached hydrogens (primary N) is 1. The van der Waals surface area contributed by atoms with Crippen LogP contribution in [0.5, 0.6) is 5.75 Å². The van der Waals surface area contributed by atoms with Crippen LogP contribution >= 0.6 is 24.8 Å². The third-order valence-electron chi connectivity index (χ3n) is 2.38. The Hall–Kier alpha value is -1.43. The first-order valence-electron chi connectivity index (χ1n) is 5.10. The molecule has 0 aliphatic heterocycles. The second kappa shape index (κ2) is 7.89. The summed E-state index contributed by atoms with van der Waals surface area (Å²) in [6, 6.07) is 4.25. The van der Waals surface area contributed by atoms with Crippen LogP contribution in [-0.2, 0) is 6.54 Å². The van der Waals surface area contributed by atoms with E-state index in [4.69, 9.17) is 10.5 Å². The number of methoxy groups -OCH3 is 1. The van der Waals surface area contributed by atoms with Gasteiger partial charge in [0.15, 0.2) is 0 Å². The van der Waals surface area contributed by atoms with Crippen LogP contribution in [0.1, 0.15) is 5.69 Å². The van der Waals surface area contributed by atoms with Crippen LogP contribution in [0, 0.1) is 5.82 Å². The number of ether oxygens (including phenoxy) is 1. The van der Waals surface area contributed by atoms with Gasteiger partial charge in [-0.1, -0.05) is 0 Å². The third kappa shape index (κ3) is 3.76. The number of aromatic nitrogens is 2. The summed E-state index contributed by atoms with van der Waals surface area (Å²) in [5, 5.41) is 0. The van der Waals surface area contributed by atoms with Crippen molar-refractivity contribution >= 4 is 24.8 Å². The molecule has 0 aliphatic rings. The summed E-state index contributed by atoms with van der Waals surface area (Å²) in [7, 11) is 1.52. The molecule has 0 amide bonds. The van der Waals surface area contributed by atoms with E-state index in [1.54, 1.807) is 18.5 Å². The molecular formula is C12H14Cl2FN3O. The van der Waals surface area contributed by atoms with E-state index < -0.39 is 0 Å². The minimum absolute atomic E-state index is 0. The standard InChI is InChI=1S/C12H12FN3O.2ClH/c1-17-11-3-2-8(13)6-9(11)12-10(7-14)15-4-5-16-12;;/h2-6H,7,14H2,1H3;2*1H. The molecule has 1 aromatic carbocycles. The van der Waals surface area contributed by atoms with Crippen molar-refractivity contribution in [1.82, 2.24) is 9.97 Å². The summed E-state index contributed by atoms with van der Waals surface area (Å²) in [6.45, 7) is 0.239. The third-order valence-corrected chi connectivity index (χ3v) is 2.38. The van der Waals surface area contributed by atoms with E-state index in [0.29, 0.717) is 22.7 Å². The summed E-state index contributed by atoms with van der Waals surface area (Å²) < 4.78 is 18.4. The molecule has 7 heteroatoms. The fourth-order valence-electron chi connectivity index (χ4n) is 1.61. The molecule has 0 atom stereocenters. The van der Waals surface area contributed by atoms with Gasteiger partial charge in [0.1, 0.15) is 11.6 Å². The quantitative estimate of drug-likeness (QED) is 0.947. The lowest BCUT2D eigenvalue weighted by Gasteiger charge is -2.10. The predicted molar refractivity (Wildman–Crippen MR) is 76.4 cm³/mol. The van der Waals surface area contributed by atoms with Crippen molar-refractivity contribution in [3.05, 3.63) is 42.1 Å². The molecule has 0 unspecified atom stereocenters. The summed E-state index contributed by atoms with van der Waals surface area (Å²) in [6.07, 6.45) is 3.09. The molecule has 2 aromatic rings. The second-order valence-corrected chi connectivity index (χ2v) is 3.40. The van der Waals surface area contributed by atoms with E-state index in [-0.39, 0.29) is 37.2 Å². The van der Waals surface area contributed by atoms with Gasteiger partial charge in [-0.25, -0.2) is 4.39 Å². The molecule has 0 radical (unpaired) electrons. The molecule has 0 saturated carbocycles. The monoisotopic (exact) mass is 305 g/mol. The van der Waals surface area contributed by atoms with Crippen molar-refractivity contribution in [2.45, 2.75) is 6.54 Å². The zero-order valence-corrected chi connectivity index (χ0v) is 11.8. The Labute approximate surface area is 123 Å². The van der Waals surface area contributed by atoms with Crippen LogP contribution in [0.4, 0.5) is 4.39 Å². The topological polar surface area (TPSA) is 61.0 Å². The number of benzene rings is 1. The van der Waals surface area contributed by atoms with Crippen molar-refractivity contribution in [3.63, 3.8) is 0 Å². The molecule has 0 saturated heterocycles. The summed E-state index contributed by atoms with van der Waals surface area (Å²) in [5.74, 6) is 0.191. The highest BCUT2D eigenvalue weighted by atomic mass is 35.5. The largest absolute Gasteiger partial charge is 0.496 e. The molecule has 2 N–H and O–H groups in total. The van der Waals surface area contributed by atoms with Crippen molar-refractivity contribution in [1.29, 1.82) is 0 Å². The van der Waals surface area contributed by atoms with Crippen molar-refractivity contribution < 1.29 is 9.13 Å².